The molecule has 0 aromatic heterocycles. The summed E-state index contributed by atoms with van der Waals surface area (Å²) in [6.45, 7) is 24.2. The molecule has 0 spiro atoms. The quantitative estimate of drug-likeness (QED) is 0.0456. The molecule has 1 saturated carbocycles. The number of rotatable bonds is 24. The number of ether oxygens (including phenoxy) is 6. The minimum atomic E-state index is -1.72. The van der Waals surface area contributed by atoms with E-state index >= 15 is 8.78 Å². The number of carbonyl (C=O) groups is 2. The van der Waals surface area contributed by atoms with Crippen LogP contribution in [0.1, 0.15) is 82.3 Å². The molecule has 18 heteroatoms. The lowest BCUT2D eigenvalue weighted by molar-refractivity contribution is -0.164. The maximum absolute atomic E-state index is 15.9. The van der Waals surface area contributed by atoms with E-state index in [1.165, 1.54) is 24.3 Å². The van der Waals surface area contributed by atoms with Crippen molar-refractivity contribution in [2.45, 2.75) is 90.4 Å². The average molecular weight is 1070 g/mol. The lowest BCUT2D eigenvalue weighted by Crippen LogP contribution is -2.74. The van der Waals surface area contributed by atoms with E-state index in [9.17, 15) is 14.9 Å². The normalized spacial score (nSPS) is 21.9. The van der Waals surface area contributed by atoms with Gasteiger partial charge in [0, 0.05) is 51.5 Å². The zero-order valence-corrected chi connectivity index (χ0v) is 44.5. The zero-order valence-electron chi connectivity index (χ0n) is 42.2. The van der Waals surface area contributed by atoms with Crippen LogP contribution in [0.15, 0.2) is 78.9 Å². The summed E-state index contributed by atoms with van der Waals surface area (Å²) < 4.78 is 66.4. The minimum absolute atomic E-state index is 0.00497. The molecule has 73 heavy (non-hydrogen) atoms. The number of halogens is 5. The summed E-state index contributed by atoms with van der Waals surface area (Å²) in [5, 5.41) is 20.7. The van der Waals surface area contributed by atoms with Crippen LogP contribution in [0.4, 0.5) is 14.5 Å². The Morgan fingerprint density at radius 2 is 1.40 bits per heavy atom. The van der Waals surface area contributed by atoms with E-state index in [1.54, 1.807) is 48.5 Å². The zero-order chi connectivity index (χ0) is 53.1. The Balaban J connectivity index is 0.840. The second-order valence-corrected chi connectivity index (χ2v) is 21.8. The van der Waals surface area contributed by atoms with Crippen LogP contribution in [-0.2, 0) is 29.2 Å². The van der Waals surface area contributed by atoms with E-state index in [4.69, 9.17) is 69.8 Å². The largest absolute Gasteiger partial charge is 0.491 e. The fourth-order valence-corrected chi connectivity index (χ4v) is 11.0. The molecule has 4 aromatic carbocycles. The third-order valence-electron chi connectivity index (χ3n) is 13.4. The predicted octanol–water partition coefficient (Wildman–Crippen LogP) is 10.7. The summed E-state index contributed by atoms with van der Waals surface area (Å²) in [5.74, 6) is -2.22. The molecule has 392 valence electrons. The molecule has 13 nitrogen and oxygen atoms in total. The van der Waals surface area contributed by atoms with Crippen molar-refractivity contribution in [3.8, 4) is 17.6 Å². The first-order valence-electron chi connectivity index (χ1n) is 24.2. The number of nitrogens with one attached hydrogen (secondary N) is 3. The molecule has 2 aliphatic rings. The molecule has 1 heterocycles. The van der Waals surface area contributed by atoms with Gasteiger partial charge >= 0.3 is 0 Å². The molecule has 1 unspecified atom stereocenters. The first-order chi connectivity index (χ1) is 34.6. The molecule has 2 amide bonds. The van der Waals surface area contributed by atoms with Crippen LogP contribution in [0.25, 0.3) is 4.85 Å². The lowest BCUT2D eigenvalue weighted by atomic mass is 9.49. The Kier molecular flexibility index (Phi) is 19.6. The SMILES string of the molecule is [C-]#[N+]c1ccc(OC2C(C)(C)C(NC(=O)c3ccc(OCCOCCOCCOCCOCCNC(=O)C4N[C@@H](CC(C)(C)C)[C@](C#N)(c5ccc(Cl)cc5F)[C@H]4c4cccc(Cl)c4F)cc3)C2(C)C)cc1Cl. The van der Waals surface area contributed by atoms with Gasteiger partial charge in [-0.15, -0.1) is 0 Å². The van der Waals surface area contributed by atoms with Gasteiger partial charge < -0.3 is 44.4 Å². The Labute approximate surface area is 442 Å². The lowest BCUT2D eigenvalue weighted by Gasteiger charge is -2.63. The van der Waals surface area contributed by atoms with E-state index in [0.717, 1.165) is 6.07 Å². The first-order valence-corrected chi connectivity index (χ1v) is 25.3. The summed E-state index contributed by atoms with van der Waals surface area (Å²) in [7, 11) is 0. The van der Waals surface area contributed by atoms with E-state index < -0.39 is 41.0 Å². The highest BCUT2D eigenvalue weighted by atomic mass is 35.5. The van der Waals surface area contributed by atoms with Gasteiger partial charge in [0.2, 0.25) is 11.6 Å². The van der Waals surface area contributed by atoms with E-state index in [2.05, 4.69) is 54.6 Å². The predicted molar refractivity (Wildman–Crippen MR) is 277 cm³/mol. The Morgan fingerprint density at radius 3 is 1.97 bits per heavy atom. The van der Waals surface area contributed by atoms with Crippen LogP contribution >= 0.6 is 34.8 Å². The van der Waals surface area contributed by atoms with Crippen LogP contribution in [0.3, 0.4) is 0 Å². The van der Waals surface area contributed by atoms with Gasteiger partial charge in [0.15, 0.2) is 0 Å². The molecule has 4 aromatic rings. The van der Waals surface area contributed by atoms with Gasteiger partial charge in [-0.05, 0) is 72.0 Å². The van der Waals surface area contributed by atoms with Crippen molar-refractivity contribution in [3.05, 3.63) is 134 Å². The topological polar surface area (TPSA) is 154 Å². The highest BCUT2D eigenvalue weighted by Crippen LogP contribution is 2.56. The third kappa shape index (κ3) is 13.6. The number of nitriles is 1. The maximum atomic E-state index is 15.9. The molecular weight excluding hydrogens is 1000 g/mol. The average Bonchev–Trinajstić information content (AvgIpc) is 3.65. The van der Waals surface area contributed by atoms with Crippen molar-refractivity contribution in [3.63, 3.8) is 0 Å². The molecule has 0 bridgehead atoms. The molecule has 2 fully saturated rings. The molecule has 1 aliphatic carbocycles. The van der Waals surface area contributed by atoms with Gasteiger partial charge in [-0.3, -0.25) is 9.59 Å². The Morgan fingerprint density at radius 1 is 0.795 bits per heavy atom. The van der Waals surface area contributed by atoms with Crippen LogP contribution < -0.4 is 25.4 Å². The van der Waals surface area contributed by atoms with Crippen molar-refractivity contribution >= 4 is 52.3 Å². The standard InChI is InChI=1S/C55H64Cl3F2N5O8/c1-52(2,3)32-44-55(33-61,39-18-14-35(56)30-42(39)59)45(38-10-9-11-40(57)46(38)60)47(64-44)49(67)63-20-21-68-22-23-69-24-25-70-26-27-71-28-29-72-36-15-12-34(13-16-36)48(66)65-50-53(4,5)51(54(50,6)7)73-37-17-19-43(62-8)41(58)31-37/h9-19,30-31,44-45,47,50-51,64H,20-29,32H2,1-7H3,(H,63,67)(H,65,66)/t44-,45-,47?,50?,51?,55-/m0/s1. The van der Waals surface area contributed by atoms with Gasteiger partial charge in [0.1, 0.15) is 41.3 Å². The monoisotopic (exact) mass is 1070 g/mol. The van der Waals surface area contributed by atoms with Crippen molar-refractivity contribution in [2.24, 2.45) is 16.2 Å². The fourth-order valence-electron chi connectivity index (χ4n) is 10.4. The van der Waals surface area contributed by atoms with Crippen molar-refractivity contribution in [2.75, 3.05) is 66.0 Å². The molecule has 3 N–H and O–H groups in total. The number of amides is 2. The number of carbonyl (C=O) groups excluding carboxylic acids is 2. The van der Waals surface area contributed by atoms with E-state index in [0.29, 0.717) is 73.8 Å². The molecule has 4 atom stereocenters. The summed E-state index contributed by atoms with van der Waals surface area (Å²) >= 11 is 18.6. The number of benzene rings is 4. The van der Waals surface area contributed by atoms with Crippen molar-refractivity contribution in [1.29, 1.82) is 5.26 Å². The van der Waals surface area contributed by atoms with Crippen LogP contribution in [0.2, 0.25) is 15.1 Å². The molecule has 6 rings (SSSR count). The maximum Gasteiger partial charge on any atom is 0.251 e. The highest BCUT2D eigenvalue weighted by molar-refractivity contribution is 6.33. The van der Waals surface area contributed by atoms with Gasteiger partial charge in [-0.2, -0.15) is 5.26 Å². The highest BCUT2D eigenvalue weighted by Gasteiger charge is 2.64. The third-order valence-corrected chi connectivity index (χ3v) is 14.2. The number of hydrogen-bond acceptors (Lipinski definition) is 10. The number of hydrogen-bond donors (Lipinski definition) is 3. The molecule has 0 radical (unpaired) electrons. The number of nitrogens with zero attached hydrogens (tertiary/aromatic N) is 2. The molecular formula is C55H64Cl3F2N5O8. The summed E-state index contributed by atoms with van der Waals surface area (Å²) in [6, 6.07) is 20.7. The van der Waals surface area contributed by atoms with E-state index in [1.807, 2.05) is 20.8 Å². The second kappa shape index (κ2) is 25.0. The van der Waals surface area contributed by atoms with Crippen molar-refractivity contribution < 1.29 is 46.8 Å². The summed E-state index contributed by atoms with van der Waals surface area (Å²) in [6.07, 6.45) is 0.142. The summed E-state index contributed by atoms with van der Waals surface area (Å²) in [4.78, 5) is 30.7. The van der Waals surface area contributed by atoms with Crippen LogP contribution in [0, 0.1) is 45.8 Å². The van der Waals surface area contributed by atoms with Gasteiger partial charge in [-0.25, -0.2) is 13.6 Å². The summed E-state index contributed by atoms with van der Waals surface area (Å²) in [5.41, 5.74) is -1.98. The second-order valence-electron chi connectivity index (χ2n) is 20.6. The van der Waals surface area contributed by atoms with E-state index in [-0.39, 0.29) is 81.8 Å². The Bertz CT molecular complexity index is 2620. The van der Waals surface area contributed by atoms with Gasteiger partial charge in [0.25, 0.3) is 5.91 Å². The molecule has 1 aliphatic heterocycles. The van der Waals surface area contributed by atoms with Crippen LogP contribution in [0.5, 0.6) is 11.5 Å². The Hall–Kier alpha value is -5.07. The van der Waals surface area contributed by atoms with Crippen LogP contribution in [-0.4, -0.2) is 102 Å². The first kappa shape index (κ1) is 57.2. The van der Waals surface area contributed by atoms with Gasteiger partial charge in [0.05, 0.1) is 81.6 Å². The molecule has 1 saturated heterocycles. The fraction of sp³-hybridized carbons (Fsp3) is 0.491. The van der Waals surface area contributed by atoms with Gasteiger partial charge in [-0.1, -0.05) is 108 Å². The smallest absolute Gasteiger partial charge is 0.251 e. The minimum Gasteiger partial charge on any atom is -0.491 e. The van der Waals surface area contributed by atoms with Crippen molar-refractivity contribution in [1.82, 2.24) is 16.0 Å².